The van der Waals surface area contributed by atoms with Crippen molar-refractivity contribution in [3.8, 4) is 0 Å². The van der Waals surface area contributed by atoms with Crippen molar-refractivity contribution in [2.75, 3.05) is 7.11 Å². The lowest BCUT2D eigenvalue weighted by atomic mass is 10.0. The molecule has 0 spiro atoms. The van der Waals surface area contributed by atoms with E-state index in [0.29, 0.717) is 6.07 Å². The van der Waals surface area contributed by atoms with Crippen LogP contribution in [0.3, 0.4) is 0 Å². The summed E-state index contributed by atoms with van der Waals surface area (Å²) in [5, 5.41) is 0. The number of methoxy groups -OCH3 is 1. The Hall–Kier alpha value is -1.66. The van der Waals surface area contributed by atoms with E-state index in [0.717, 1.165) is 19.2 Å². The number of aryl methyl sites for hydroxylation is 1. The average Bonchev–Trinajstić information content (AvgIpc) is 2.34. The molecule has 0 bridgehead atoms. The van der Waals surface area contributed by atoms with Crippen molar-refractivity contribution in [2.24, 2.45) is 0 Å². The van der Waals surface area contributed by atoms with E-state index >= 15 is 0 Å². The van der Waals surface area contributed by atoms with Crippen molar-refractivity contribution in [1.82, 2.24) is 0 Å². The minimum Gasteiger partial charge on any atom is -0.469 e. The zero-order valence-electron chi connectivity index (χ0n) is 9.93. The molecule has 0 aliphatic carbocycles. The normalized spacial score (nSPS) is 11.7. The second kappa shape index (κ2) is 5.99. The second-order valence-corrected chi connectivity index (χ2v) is 3.84. The zero-order valence-corrected chi connectivity index (χ0v) is 9.93. The van der Waals surface area contributed by atoms with Gasteiger partial charge in [0.2, 0.25) is 0 Å². The van der Waals surface area contributed by atoms with Crippen molar-refractivity contribution in [1.29, 1.82) is 0 Å². The quantitative estimate of drug-likeness (QED) is 0.621. The number of hydrogen-bond donors (Lipinski definition) is 0. The molecule has 0 amide bonds. The fourth-order valence-electron chi connectivity index (χ4n) is 1.50. The molecule has 0 fully saturated rings. The van der Waals surface area contributed by atoms with Crippen LogP contribution < -0.4 is 0 Å². The van der Waals surface area contributed by atoms with E-state index in [1.54, 1.807) is 0 Å². The summed E-state index contributed by atoms with van der Waals surface area (Å²) in [6.45, 7) is 0. The number of carbonyl (C=O) groups excluding carboxylic acids is 1. The van der Waals surface area contributed by atoms with Gasteiger partial charge in [-0.1, -0.05) is 6.07 Å². The average molecular weight is 282 g/mol. The van der Waals surface area contributed by atoms with E-state index in [1.807, 2.05) is 0 Å². The van der Waals surface area contributed by atoms with Crippen LogP contribution in [-0.2, 0) is 22.1 Å². The molecule has 0 unspecified atom stereocenters. The SMILES string of the molecule is COC(=O)CCc1cc(C(F)F)cc(C(F)(F)F)c1. The van der Waals surface area contributed by atoms with Gasteiger partial charge in [-0.25, -0.2) is 8.78 Å². The molecule has 0 N–H and O–H groups in total. The van der Waals surface area contributed by atoms with Gasteiger partial charge in [-0.15, -0.1) is 0 Å². The van der Waals surface area contributed by atoms with E-state index in [4.69, 9.17) is 0 Å². The number of carbonyl (C=O) groups is 1. The van der Waals surface area contributed by atoms with E-state index in [1.165, 1.54) is 0 Å². The van der Waals surface area contributed by atoms with Gasteiger partial charge in [0.1, 0.15) is 0 Å². The van der Waals surface area contributed by atoms with Crippen LogP contribution in [0.4, 0.5) is 22.0 Å². The maximum Gasteiger partial charge on any atom is 0.416 e. The van der Waals surface area contributed by atoms with E-state index in [-0.39, 0.29) is 18.4 Å². The molecule has 7 heteroatoms. The van der Waals surface area contributed by atoms with E-state index < -0.39 is 29.7 Å². The summed E-state index contributed by atoms with van der Waals surface area (Å²) in [6, 6.07) is 2.13. The first-order valence-electron chi connectivity index (χ1n) is 5.30. The molecular formula is C12H11F5O2. The highest BCUT2D eigenvalue weighted by atomic mass is 19.4. The predicted octanol–water partition coefficient (Wildman–Crippen LogP) is 3.75. The summed E-state index contributed by atoms with van der Waals surface area (Å²) in [5.41, 5.74) is -1.84. The lowest BCUT2D eigenvalue weighted by Crippen LogP contribution is -2.08. The Morgan fingerprint density at radius 2 is 1.89 bits per heavy atom. The minimum absolute atomic E-state index is 0.0236. The van der Waals surface area contributed by atoms with Gasteiger partial charge in [-0.3, -0.25) is 4.79 Å². The maximum absolute atomic E-state index is 12.5. The molecule has 0 radical (unpaired) electrons. The molecule has 0 aliphatic heterocycles. The Balaban J connectivity index is 3.03. The molecule has 106 valence electrons. The van der Waals surface area contributed by atoms with Crippen molar-refractivity contribution in [2.45, 2.75) is 25.4 Å². The van der Waals surface area contributed by atoms with E-state index in [9.17, 15) is 26.7 Å². The fourth-order valence-corrected chi connectivity index (χ4v) is 1.50. The van der Waals surface area contributed by atoms with Gasteiger partial charge in [-0.05, 0) is 24.1 Å². The second-order valence-electron chi connectivity index (χ2n) is 3.84. The summed E-state index contributed by atoms with van der Waals surface area (Å²) < 4.78 is 67.0. The van der Waals surface area contributed by atoms with Crippen LogP contribution >= 0.6 is 0 Å². The highest BCUT2D eigenvalue weighted by molar-refractivity contribution is 5.69. The summed E-state index contributed by atoms with van der Waals surface area (Å²) in [5.74, 6) is -0.615. The van der Waals surface area contributed by atoms with Gasteiger partial charge in [0, 0.05) is 12.0 Å². The van der Waals surface area contributed by atoms with Crippen molar-refractivity contribution in [3.63, 3.8) is 0 Å². The Bertz CT molecular complexity index is 454. The zero-order chi connectivity index (χ0) is 14.6. The summed E-state index contributed by atoms with van der Waals surface area (Å²) >= 11 is 0. The van der Waals surface area contributed by atoms with Crippen molar-refractivity contribution < 1.29 is 31.5 Å². The van der Waals surface area contributed by atoms with Crippen LogP contribution in [0.25, 0.3) is 0 Å². The van der Waals surface area contributed by atoms with Gasteiger partial charge in [0.25, 0.3) is 6.43 Å². The molecular weight excluding hydrogens is 271 g/mol. The molecule has 1 aromatic carbocycles. The molecule has 1 rings (SSSR count). The van der Waals surface area contributed by atoms with Gasteiger partial charge in [0.15, 0.2) is 0 Å². The lowest BCUT2D eigenvalue weighted by molar-refractivity contribution is -0.140. The Kier molecular flexibility index (Phi) is 4.85. The number of benzene rings is 1. The van der Waals surface area contributed by atoms with Crippen LogP contribution in [0, 0.1) is 0 Å². The van der Waals surface area contributed by atoms with Crippen LogP contribution in [0.5, 0.6) is 0 Å². The third-order valence-electron chi connectivity index (χ3n) is 2.44. The van der Waals surface area contributed by atoms with Crippen LogP contribution in [0.1, 0.15) is 29.5 Å². The standard InChI is InChI=1S/C12H11F5O2/c1-19-10(18)3-2-7-4-8(11(13)14)6-9(5-7)12(15,16)17/h4-6,11H,2-3H2,1H3. The minimum atomic E-state index is -4.70. The molecule has 0 atom stereocenters. The molecule has 1 aromatic rings. The smallest absolute Gasteiger partial charge is 0.416 e. The number of hydrogen-bond acceptors (Lipinski definition) is 2. The Morgan fingerprint density at radius 1 is 1.26 bits per heavy atom. The number of ether oxygens (including phenoxy) is 1. The third-order valence-corrected chi connectivity index (χ3v) is 2.44. The molecule has 0 saturated carbocycles. The number of rotatable bonds is 4. The summed E-state index contributed by atoms with van der Waals surface area (Å²) in [6.07, 6.45) is -7.96. The largest absolute Gasteiger partial charge is 0.469 e. The van der Waals surface area contributed by atoms with Gasteiger partial charge in [0.05, 0.1) is 12.7 Å². The van der Waals surface area contributed by atoms with Gasteiger partial charge >= 0.3 is 12.1 Å². The third kappa shape index (κ3) is 4.50. The van der Waals surface area contributed by atoms with Crippen molar-refractivity contribution >= 4 is 5.97 Å². The monoisotopic (exact) mass is 282 g/mol. The number of halogens is 5. The number of alkyl halides is 5. The van der Waals surface area contributed by atoms with Crippen LogP contribution in [0.2, 0.25) is 0 Å². The van der Waals surface area contributed by atoms with Crippen LogP contribution in [0.15, 0.2) is 18.2 Å². The topological polar surface area (TPSA) is 26.3 Å². The molecule has 0 heterocycles. The summed E-state index contributed by atoms with van der Waals surface area (Å²) in [7, 11) is 1.14. The van der Waals surface area contributed by atoms with Crippen molar-refractivity contribution in [3.05, 3.63) is 34.9 Å². The molecule has 2 nitrogen and oxygen atoms in total. The maximum atomic E-state index is 12.5. The van der Waals surface area contributed by atoms with Gasteiger partial charge in [-0.2, -0.15) is 13.2 Å². The molecule has 0 aliphatic rings. The highest BCUT2D eigenvalue weighted by Crippen LogP contribution is 2.33. The number of esters is 1. The first-order valence-corrected chi connectivity index (χ1v) is 5.30. The summed E-state index contributed by atoms with van der Waals surface area (Å²) in [4.78, 5) is 10.9. The van der Waals surface area contributed by atoms with Crippen LogP contribution in [-0.4, -0.2) is 13.1 Å². The molecule has 0 aromatic heterocycles. The Morgan fingerprint density at radius 3 is 2.37 bits per heavy atom. The predicted molar refractivity (Wildman–Crippen MR) is 56.7 cm³/mol. The van der Waals surface area contributed by atoms with E-state index in [2.05, 4.69) is 4.74 Å². The first-order chi connectivity index (χ1) is 8.74. The fraction of sp³-hybridized carbons (Fsp3) is 0.417. The molecule has 0 saturated heterocycles. The Labute approximate surface area is 106 Å². The lowest BCUT2D eigenvalue weighted by Gasteiger charge is -2.11. The highest BCUT2D eigenvalue weighted by Gasteiger charge is 2.31. The first kappa shape index (κ1) is 15.4. The van der Waals surface area contributed by atoms with Gasteiger partial charge < -0.3 is 4.74 Å². The molecule has 19 heavy (non-hydrogen) atoms.